The Morgan fingerprint density at radius 3 is 1.52 bits per heavy atom. The van der Waals surface area contributed by atoms with E-state index < -0.39 is 35.3 Å². The number of likely N-dealkylation sites (N-methyl/N-ethyl adjacent to an activating group) is 4. The van der Waals surface area contributed by atoms with E-state index in [1.807, 2.05) is 13.8 Å². The molecule has 0 aliphatic rings. The van der Waals surface area contributed by atoms with Crippen molar-refractivity contribution in [2.45, 2.75) is 196 Å². The predicted octanol–water partition coefficient (Wildman–Crippen LogP) is 7.56. The van der Waals surface area contributed by atoms with E-state index in [0.29, 0.717) is 56.9 Å². The summed E-state index contributed by atoms with van der Waals surface area (Å²) in [4.78, 5) is 134. The number of nitrogens with one attached hydrogen (secondary N) is 3. The van der Waals surface area contributed by atoms with Gasteiger partial charge in [0, 0.05) is 97.7 Å². The van der Waals surface area contributed by atoms with Crippen LogP contribution >= 0.6 is 11.8 Å². The third kappa shape index (κ3) is 37.9. The van der Waals surface area contributed by atoms with Crippen molar-refractivity contribution in [2.75, 3.05) is 85.5 Å². The molecule has 18 heteroatoms. The van der Waals surface area contributed by atoms with Gasteiger partial charge < -0.3 is 35.6 Å². The van der Waals surface area contributed by atoms with E-state index in [0.717, 1.165) is 32.1 Å². The lowest BCUT2D eigenvalue weighted by atomic mass is 9.94. The summed E-state index contributed by atoms with van der Waals surface area (Å²) in [5.41, 5.74) is 0. The molecule has 0 saturated heterocycles. The molecule has 0 heterocycles. The Morgan fingerprint density at radius 2 is 0.960 bits per heavy atom. The van der Waals surface area contributed by atoms with Crippen molar-refractivity contribution in [1.29, 1.82) is 0 Å². The molecule has 2 atom stereocenters. The molecule has 0 aromatic heterocycles. The Morgan fingerprint density at radius 1 is 0.453 bits per heavy atom. The van der Waals surface area contributed by atoms with Crippen molar-refractivity contribution >= 4 is 70.5 Å². The zero-order valence-corrected chi connectivity index (χ0v) is 49.2. The molecule has 0 aliphatic carbocycles. The summed E-state index contributed by atoms with van der Waals surface area (Å²) >= 11 is 1.46. The number of rotatable bonds is 47. The summed E-state index contributed by atoms with van der Waals surface area (Å²) in [5.74, 6) is -2.71. The molecule has 0 radical (unpaired) electrons. The van der Waals surface area contributed by atoms with Crippen molar-refractivity contribution in [3.05, 3.63) is 0 Å². The van der Waals surface area contributed by atoms with Crippen molar-refractivity contribution in [3.63, 3.8) is 0 Å². The van der Waals surface area contributed by atoms with Gasteiger partial charge in [-0.2, -0.15) is 11.8 Å². The van der Waals surface area contributed by atoms with Crippen LogP contribution in [0, 0.1) is 23.7 Å². The van der Waals surface area contributed by atoms with Gasteiger partial charge in [-0.1, -0.05) is 125 Å². The number of ketones is 3. The van der Waals surface area contributed by atoms with Crippen LogP contribution < -0.4 is 16.0 Å². The van der Waals surface area contributed by atoms with Crippen molar-refractivity contribution in [1.82, 2.24) is 35.6 Å². The van der Waals surface area contributed by atoms with Gasteiger partial charge in [0.1, 0.15) is 5.78 Å². The molecule has 17 nitrogen and oxygen atoms in total. The summed E-state index contributed by atoms with van der Waals surface area (Å²) in [6.07, 6.45) is 20.3. The van der Waals surface area contributed by atoms with Crippen LogP contribution in [0.25, 0.3) is 0 Å². The van der Waals surface area contributed by atoms with Gasteiger partial charge in [0.2, 0.25) is 41.4 Å². The third-order valence-corrected chi connectivity index (χ3v) is 14.4. The van der Waals surface area contributed by atoms with E-state index in [2.05, 4.69) is 36.7 Å². The molecule has 0 bridgehead atoms. The second-order valence-corrected chi connectivity index (χ2v) is 22.7. The Hall–Kier alpha value is -4.35. The first-order valence-electron chi connectivity index (χ1n) is 28.5. The highest BCUT2D eigenvalue weighted by Crippen LogP contribution is 2.18. The molecule has 0 saturated carbocycles. The van der Waals surface area contributed by atoms with Crippen molar-refractivity contribution < 1.29 is 47.9 Å². The fourth-order valence-electron chi connectivity index (χ4n) is 8.37. The number of hydrogen-bond acceptors (Lipinski definition) is 11. The second-order valence-electron chi connectivity index (χ2n) is 21.6. The Balaban J connectivity index is 5.18. The maximum atomic E-state index is 13.9. The molecule has 7 amide bonds. The van der Waals surface area contributed by atoms with Gasteiger partial charge in [-0.15, -0.1) is 0 Å². The minimum absolute atomic E-state index is 0.00726. The van der Waals surface area contributed by atoms with Crippen LogP contribution in [0.1, 0.15) is 196 Å². The normalized spacial score (nSPS) is 11.9. The maximum absolute atomic E-state index is 13.9. The Kier molecular flexibility index (Phi) is 41.2. The molecule has 0 aromatic rings. The SMILES string of the molecule is CCCCCCCCCCCCCCCC(=O)NCCC(=O)N(C)CC(=O)N(C)CC(=O)C[C@@H](CCCCNC(=O)CSCCCC(=O)C(C)C)C(=O)N(C)CC(=O)N(C)CC(=O)C[C@@H](C)C(=O)NCCCC(C)C. The summed E-state index contributed by atoms with van der Waals surface area (Å²) < 4.78 is 0. The molecule has 0 rings (SSSR count). The highest BCUT2D eigenvalue weighted by Gasteiger charge is 2.28. The summed E-state index contributed by atoms with van der Waals surface area (Å²) in [6.45, 7) is 11.7. The number of Topliss-reactive ketones (excluding diaryl/α,β-unsaturated/α-hetero) is 3. The van der Waals surface area contributed by atoms with Gasteiger partial charge in [0.25, 0.3) is 0 Å². The van der Waals surface area contributed by atoms with Crippen molar-refractivity contribution in [2.24, 2.45) is 23.7 Å². The van der Waals surface area contributed by atoms with Crippen LogP contribution in [0.3, 0.4) is 0 Å². The lowest BCUT2D eigenvalue weighted by Gasteiger charge is -2.26. The van der Waals surface area contributed by atoms with Gasteiger partial charge in [0.05, 0.1) is 31.9 Å². The quantitative estimate of drug-likeness (QED) is 0.0505. The van der Waals surface area contributed by atoms with Crippen LogP contribution in [0.4, 0.5) is 0 Å². The number of thioether (sulfide) groups is 1. The molecule has 0 aromatic carbocycles. The fourth-order valence-corrected chi connectivity index (χ4v) is 9.15. The number of unbranched alkanes of at least 4 members (excludes halogenated alkanes) is 13. The van der Waals surface area contributed by atoms with E-state index in [9.17, 15) is 47.9 Å². The summed E-state index contributed by atoms with van der Waals surface area (Å²) in [5, 5.41) is 8.54. The fraction of sp³-hybridized carbons (Fsp3) is 0.825. The minimum Gasteiger partial charge on any atom is -0.356 e. The highest BCUT2D eigenvalue weighted by molar-refractivity contribution is 7.99. The van der Waals surface area contributed by atoms with Gasteiger partial charge in [0.15, 0.2) is 11.6 Å². The topological polar surface area (TPSA) is 220 Å². The van der Waals surface area contributed by atoms with Gasteiger partial charge in [-0.25, -0.2) is 0 Å². The lowest BCUT2D eigenvalue weighted by Crippen LogP contribution is -2.44. The number of carbonyl (C=O) groups excluding carboxylic acids is 10. The van der Waals surface area contributed by atoms with E-state index in [1.54, 1.807) is 6.92 Å². The smallest absolute Gasteiger partial charge is 0.242 e. The average Bonchev–Trinajstić information content (AvgIpc) is 3.35. The highest BCUT2D eigenvalue weighted by atomic mass is 32.2. The van der Waals surface area contributed by atoms with Gasteiger partial charge in [-0.3, -0.25) is 47.9 Å². The largest absolute Gasteiger partial charge is 0.356 e. The first-order valence-corrected chi connectivity index (χ1v) is 29.7. The van der Waals surface area contributed by atoms with Gasteiger partial charge in [-0.05, 0) is 50.2 Å². The molecule has 0 unspecified atom stereocenters. The number of hydrogen-bond donors (Lipinski definition) is 3. The Labute approximate surface area is 457 Å². The number of carbonyl (C=O) groups is 10. The first kappa shape index (κ1) is 70.7. The van der Waals surface area contributed by atoms with E-state index >= 15 is 0 Å². The van der Waals surface area contributed by atoms with Crippen LogP contribution in [0.5, 0.6) is 0 Å². The minimum atomic E-state index is -0.852. The van der Waals surface area contributed by atoms with Crippen LogP contribution in [0.2, 0.25) is 0 Å². The standard InChI is InChI=1S/C57H103N7O10S/c1-11-12-13-14-15-16-17-18-19-20-21-22-23-31-51(68)59-35-32-53(70)63(9)41-54(71)62(8)40-49(66)38-47(29-24-25-33-58-52(69)43-75-36-27-30-50(67)45(4)5)57(74)64(10)42-55(72)61(7)39-48(65)37-46(6)56(73)60-34-26-28-44(2)3/h44-47H,11-43H2,1-10H3,(H,58,69)(H,59,68)(H,60,73)/t46-,47-/m1/s1. The van der Waals surface area contributed by atoms with Crippen LogP contribution in [0.15, 0.2) is 0 Å². The number of nitrogens with zero attached hydrogens (tertiary/aromatic N) is 4. The van der Waals surface area contributed by atoms with Crippen LogP contribution in [-0.4, -0.2) is 164 Å². The lowest BCUT2D eigenvalue weighted by molar-refractivity contribution is -0.143. The average molecular weight is 1080 g/mol. The summed E-state index contributed by atoms with van der Waals surface area (Å²) in [7, 11) is 5.83. The maximum Gasteiger partial charge on any atom is 0.242 e. The van der Waals surface area contributed by atoms with E-state index in [-0.39, 0.29) is 105 Å². The molecule has 3 N–H and O–H groups in total. The monoisotopic (exact) mass is 1080 g/mol. The van der Waals surface area contributed by atoms with Crippen LogP contribution in [-0.2, 0) is 47.9 Å². The molecular weight excluding hydrogens is 975 g/mol. The molecule has 0 fully saturated rings. The number of amides is 7. The van der Waals surface area contributed by atoms with Crippen molar-refractivity contribution in [3.8, 4) is 0 Å². The molecule has 432 valence electrons. The van der Waals surface area contributed by atoms with E-state index in [1.165, 1.54) is 124 Å². The molecule has 75 heavy (non-hydrogen) atoms. The second kappa shape index (κ2) is 43.7. The predicted molar refractivity (Wildman–Crippen MR) is 301 cm³/mol. The zero-order chi connectivity index (χ0) is 56.6. The third-order valence-electron chi connectivity index (χ3n) is 13.3. The molecule has 0 spiro atoms. The molecule has 0 aliphatic heterocycles. The zero-order valence-electron chi connectivity index (χ0n) is 48.4. The first-order chi connectivity index (χ1) is 35.6. The Bertz CT molecular complexity index is 1710. The summed E-state index contributed by atoms with van der Waals surface area (Å²) in [6, 6.07) is 0. The van der Waals surface area contributed by atoms with E-state index in [4.69, 9.17) is 0 Å². The van der Waals surface area contributed by atoms with Gasteiger partial charge >= 0.3 is 0 Å². The molecular formula is C57H103N7O10S.